The molecule has 1 heterocycles. The van der Waals surface area contributed by atoms with Gasteiger partial charge >= 0.3 is 6.18 Å². The minimum absolute atomic E-state index is 0.0949. The van der Waals surface area contributed by atoms with Crippen molar-refractivity contribution in [3.05, 3.63) is 11.8 Å². The van der Waals surface area contributed by atoms with E-state index in [1.54, 1.807) is 6.92 Å². The Hall–Kier alpha value is -1.53. The molecule has 19 heavy (non-hydrogen) atoms. The van der Waals surface area contributed by atoms with Crippen molar-refractivity contribution in [3.8, 4) is 0 Å². The number of aromatic nitrogens is 2. The number of hydrogen-bond donors (Lipinski definition) is 2. The van der Waals surface area contributed by atoms with Gasteiger partial charge in [-0.1, -0.05) is 6.92 Å². The highest BCUT2D eigenvalue weighted by Gasteiger charge is 2.63. The van der Waals surface area contributed by atoms with Crippen LogP contribution in [0.15, 0.2) is 6.20 Å². The molecule has 1 aliphatic carbocycles. The van der Waals surface area contributed by atoms with Crippen molar-refractivity contribution >= 4 is 11.8 Å². The fourth-order valence-corrected chi connectivity index (χ4v) is 1.72. The first-order valence-electron chi connectivity index (χ1n) is 6.30. The topological polar surface area (TPSA) is 49.8 Å². The molecular weight excluding hydrogens is 257 g/mol. The van der Waals surface area contributed by atoms with Crippen molar-refractivity contribution in [1.29, 1.82) is 0 Å². The minimum atomic E-state index is -4.25. The Morgan fingerprint density at radius 3 is 2.58 bits per heavy atom. The summed E-state index contributed by atoms with van der Waals surface area (Å²) in [7, 11) is 0. The number of alkyl halides is 3. The summed E-state index contributed by atoms with van der Waals surface area (Å²) >= 11 is 0. The third kappa shape index (κ3) is 2.90. The van der Waals surface area contributed by atoms with Crippen LogP contribution in [0, 0.1) is 6.92 Å². The Morgan fingerprint density at radius 1 is 1.37 bits per heavy atom. The average Bonchev–Trinajstić information content (AvgIpc) is 3.10. The Morgan fingerprint density at radius 2 is 2.05 bits per heavy atom. The quantitative estimate of drug-likeness (QED) is 0.866. The lowest BCUT2D eigenvalue weighted by atomic mass is 10.2. The summed E-state index contributed by atoms with van der Waals surface area (Å²) in [5.74, 6) is 0.608. The smallest absolute Gasteiger partial charge is 0.356 e. The Kier molecular flexibility index (Phi) is 3.56. The first-order chi connectivity index (χ1) is 8.88. The molecule has 1 aromatic heterocycles. The summed E-state index contributed by atoms with van der Waals surface area (Å²) in [6.07, 6.45) is -1.64. The van der Waals surface area contributed by atoms with Gasteiger partial charge in [0, 0.05) is 18.3 Å². The molecule has 7 heteroatoms. The SMILES string of the molecule is CCCNc1ncc(C)c(NC2(C(F)(F)F)CC2)n1. The minimum Gasteiger partial charge on any atom is -0.356 e. The monoisotopic (exact) mass is 274 g/mol. The predicted molar refractivity (Wildman–Crippen MR) is 67.2 cm³/mol. The van der Waals surface area contributed by atoms with Gasteiger partial charge in [0.1, 0.15) is 11.4 Å². The lowest BCUT2D eigenvalue weighted by Gasteiger charge is -2.22. The van der Waals surface area contributed by atoms with Crippen LogP contribution in [-0.2, 0) is 0 Å². The van der Waals surface area contributed by atoms with E-state index in [1.165, 1.54) is 6.20 Å². The van der Waals surface area contributed by atoms with Gasteiger partial charge in [-0.15, -0.1) is 0 Å². The van der Waals surface area contributed by atoms with E-state index in [0.29, 0.717) is 18.1 Å². The van der Waals surface area contributed by atoms with E-state index in [1.807, 2.05) is 6.92 Å². The molecule has 0 aliphatic heterocycles. The third-order valence-corrected chi connectivity index (χ3v) is 3.16. The van der Waals surface area contributed by atoms with Crippen molar-refractivity contribution in [2.75, 3.05) is 17.2 Å². The van der Waals surface area contributed by atoms with Gasteiger partial charge in [-0.2, -0.15) is 18.2 Å². The summed E-state index contributed by atoms with van der Waals surface area (Å²) in [6.45, 7) is 4.37. The molecule has 1 aliphatic rings. The average molecular weight is 274 g/mol. The summed E-state index contributed by atoms with van der Waals surface area (Å²) < 4.78 is 38.7. The highest BCUT2D eigenvalue weighted by atomic mass is 19.4. The highest BCUT2D eigenvalue weighted by molar-refractivity contribution is 5.50. The largest absolute Gasteiger partial charge is 0.411 e. The van der Waals surface area contributed by atoms with Gasteiger partial charge in [0.15, 0.2) is 0 Å². The zero-order valence-corrected chi connectivity index (χ0v) is 10.9. The molecule has 4 nitrogen and oxygen atoms in total. The molecule has 0 amide bonds. The van der Waals surface area contributed by atoms with E-state index >= 15 is 0 Å². The zero-order chi connectivity index (χ0) is 14.1. The second-order valence-electron chi connectivity index (χ2n) is 4.86. The molecule has 0 bridgehead atoms. The fourth-order valence-electron chi connectivity index (χ4n) is 1.72. The number of anilines is 2. The van der Waals surface area contributed by atoms with Crippen LogP contribution in [0.5, 0.6) is 0 Å². The second kappa shape index (κ2) is 4.86. The van der Waals surface area contributed by atoms with Crippen LogP contribution >= 0.6 is 0 Å². The molecule has 0 unspecified atom stereocenters. The second-order valence-corrected chi connectivity index (χ2v) is 4.86. The molecular formula is C12H17F3N4. The molecule has 1 fully saturated rings. The number of rotatable bonds is 5. The van der Waals surface area contributed by atoms with Crippen LogP contribution in [0.1, 0.15) is 31.7 Å². The molecule has 0 radical (unpaired) electrons. The van der Waals surface area contributed by atoms with Crippen LogP contribution in [0.2, 0.25) is 0 Å². The summed E-state index contributed by atoms with van der Waals surface area (Å²) in [4.78, 5) is 8.16. The highest BCUT2D eigenvalue weighted by Crippen LogP contribution is 2.51. The third-order valence-electron chi connectivity index (χ3n) is 3.16. The molecule has 2 N–H and O–H groups in total. The van der Waals surface area contributed by atoms with Crippen LogP contribution in [0.25, 0.3) is 0 Å². The zero-order valence-electron chi connectivity index (χ0n) is 10.9. The van der Waals surface area contributed by atoms with Gasteiger partial charge in [0.25, 0.3) is 0 Å². The first kappa shape index (κ1) is 13.9. The van der Waals surface area contributed by atoms with Crippen molar-refractivity contribution in [3.63, 3.8) is 0 Å². The Balaban J connectivity index is 2.16. The van der Waals surface area contributed by atoms with E-state index in [4.69, 9.17) is 0 Å². The molecule has 0 spiro atoms. The van der Waals surface area contributed by atoms with Crippen molar-refractivity contribution < 1.29 is 13.2 Å². The van der Waals surface area contributed by atoms with Crippen LogP contribution < -0.4 is 10.6 Å². The number of nitrogens with zero attached hydrogens (tertiary/aromatic N) is 2. The Labute approximate surface area is 109 Å². The van der Waals surface area contributed by atoms with Gasteiger partial charge in [-0.05, 0) is 26.2 Å². The van der Waals surface area contributed by atoms with Crippen molar-refractivity contribution in [2.24, 2.45) is 0 Å². The number of hydrogen-bond acceptors (Lipinski definition) is 4. The Bertz CT molecular complexity index is 455. The van der Waals surface area contributed by atoms with Gasteiger partial charge < -0.3 is 10.6 Å². The summed E-state index contributed by atoms with van der Waals surface area (Å²) in [5.41, 5.74) is -1.19. The number of aryl methyl sites for hydroxylation is 1. The normalized spacial score (nSPS) is 17.1. The summed E-state index contributed by atoms with van der Waals surface area (Å²) in [5, 5.41) is 5.50. The molecule has 2 rings (SSSR count). The lowest BCUT2D eigenvalue weighted by Crippen LogP contribution is -2.39. The van der Waals surface area contributed by atoms with E-state index < -0.39 is 11.7 Å². The van der Waals surface area contributed by atoms with E-state index in [-0.39, 0.29) is 18.7 Å². The van der Waals surface area contributed by atoms with Crippen molar-refractivity contribution in [1.82, 2.24) is 9.97 Å². The molecule has 0 saturated heterocycles. The van der Waals surface area contributed by atoms with Crippen LogP contribution in [0.4, 0.5) is 24.9 Å². The lowest BCUT2D eigenvalue weighted by molar-refractivity contribution is -0.151. The molecule has 0 aromatic carbocycles. The summed E-state index contributed by atoms with van der Waals surface area (Å²) in [6, 6.07) is 0. The maximum atomic E-state index is 12.9. The van der Waals surface area contributed by atoms with E-state index in [2.05, 4.69) is 20.6 Å². The molecule has 1 aromatic rings. The van der Waals surface area contributed by atoms with Crippen LogP contribution in [-0.4, -0.2) is 28.2 Å². The molecule has 0 atom stereocenters. The fraction of sp³-hybridized carbons (Fsp3) is 0.667. The predicted octanol–water partition coefficient (Wildman–Crippen LogP) is 3.11. The molecule has 1 saturated carbocycles. The van der Waals surface area contributed by atoms with E-state index in [0.717, 1.165) is 6.42 Å². The van der Waals surface area contributed by atoms with Gasteiger partial charge in [0.2, 0.25) is 5.95 Å². The van der Waals surface area contributed by atoms with Gasteiger partial charge in [0.05, 0.1) is 0 Å². The standard InChI is InChI=1S/C12H17F3N4/c1-3-6-16-10-17-7-8(2)9(18-10)19-11(4-5-11)12(13,14)15/h7H,3-6H2,1-2H3,(H2,16,17,18,19). The van der Waals surface area contributed by atoms with Crippen LogP contribution in [0.3, 0.4) is 0 Å². The van der Waals surface area contributed by atoms with E-state index in [9.17, 15) is 13.2 Å². The number of halogens is 3. The maximum absolute atomic E-state index is 12.9. The first-order valence-corrected chi connectivity index (χ1v) is 6.30. The number of nitrogens with one attached hydrogen (secondary N) is 2. The van der Waals surface area contributed by atoms with Gasteiger partial charge in [-0.25, -0.2) is 4.98 Å². The maximum Gasteiger partial charge on any atom is 0.411 e. The van der Waals surface area contributed by atoms with Crippen molar-refractivity contribution in [2.45, 2.75) is 44.8 Å². The van der Waals surface area contributed by atoms with Gasteiger partial charge in [-0.3, -0.25) is 0 Å². The molecule has 106 valence electrons.